The highest BCUT2D eigenvalue weighted by Gasteiger charge is 2.23. The number of halogens is 1. The molecule has 2 unspecified atom stereocenters. The fourth-order valence-electron chi connectivity index (χ4n) is 2.09. The van der Waals surface area contributed by atoms with Crippen LogP contribution in [0.1, 0.15) is 30.5 Å². The van der Waals surface area contributed by atoms with Gasteiger partial charge in [0.15, 0.2) is 0 Å². The summed E-state index contributed by atoms with van der Waals surface area (Å²) in [6, 6.07) is 7.78. The molecule has 0 aliphatic carbocycles. The summed E-state index contributed by atoms with van der Waals surface area (Å²) in [7, 11) is 0. The number of hydrogen-bond acceptors (Lipinski definition) is 2. The maximum atomic E-state index is 6.28. The van der Waals surface area contributed by atoms with Crippen LogP contribution in [0.2, 0.25) is 5.02 Å². The predicted molar refractivity (Wildman–Crippen MR) is 74.8 cm³/mol. The van der Waals surface area contributed by atoms with E-state index >= 15 is 0 Å². The van der Waals surface area contributed by atoms with Crippen molar-refractivity contribution in [3.8, 4) is 0 Å². The summed E-state index contributed by atoms with van der Waals surface area (Å²) in [5, 5.41) is 5.12. The number of hydrogen-bond donors (Lipinski definition) is 1. The van der Waals surface area contributed by atoms with Gasteiger partial charge in [0.2, 0.25) is 0 Å². The third-order valence-corrected chi connectivity index (χ3v) is 3.46. The van der Waals surface area contributed by atoms with E-state index in [4.69, 9.17) is 17.3 Å². The Hall–Kier alpha value is -1.32. The van der Waals surface area contributed by atoms with Gasteiger partial charge >= 0.3 is 0 Å². The van der Waals surface area contributed by atoms with E-state index in [0.717, 1.165) is 22.6 Å². The molecular formula is C14H18ClN3. The van der Waals surface area contributed by atoms with Gasteiger partial charge in [-0.15, -0.1) is 0 Å². The minimum atomic E-state index is -0.0163. The minimum Gasteiger partial charge on any atom is -0.326 e. The van der Waals surface area contributed by atoms with Gasteiger partial charge in [-0.1, -0.05) is 36.7 Å². The van der Waals surface area contributed by atoms with Crippen LogP contribution in [-0.2, 0) is 0 Å². The van der Waals surface area contributed by atoms with E-state index in [2.05, 4.69) is 12.0 Å². The Morgan fingerprint density at radius 2 is 2.11 bits per heavy atom. The molecule has 18 heavy (non-hydrogen) atoms. The highest BCUT2D eigenvalue weighted by molar-refractivity contribution is 6.31. The molecule has 2 atom stereocenters. The van der Waals surface area contributed by atoms with Crippen LogP contribution >= 0.6 is 11.6 Å². The van der Waals surface area contributed by atoms with Crippen molar-refractivity contribution in [3.63, 3.8) is 0 Å². The van der Waals surface area contributed by atoms with E-state index in [1.54, 1.807) is 0 Å². The van der Waals surface area contributed by atoms with Crippen molar-refractivity contribution >= 4 is 11.6 Å². The van der Waals surface area contributed by atoms with Gasteiger partial charge in [0, 0.05) is 17.3 Å². The Bertz CT molecular complexity index is 521. The summed E-state index contributed by atoms with van der Waals surface area (Å²) in [6.07, 6.45) is 4.71. The molecule has 0 saturated carbocycles. The smallest absolute Gasteiger partial charge is 0.0933 e. The summed E-state index contributed by atoms with van der Waals surface area (Å²) in [6.45, 7) is 4.09. The highest BCUT2D eigenvalue weighted by Crippen LogP contribution is 2.28. The molecule has 2 N–H and O–H groups in total. The zero-order chi connectivity index (χ0) is 13.1. The lowest BCUT2D eigenvalue weighted by molar-refractivity contribution is 0.424. The van der Waals surface area contributed by atoms with E-state index in [-0.39, 0.29) is 12.1 Å². The van der Waals surface area contributed by atoms with Crippen molar-refractivity contribution in [1.29, 1.82) is 0 Å². The van der Waals surface area contributed by atoms with Crippen molar-refractivity contribution in [3.05, 3.63) is 52.8 Å². The Morgan fingerprint density at radius 3 is 2.67 bits per heavy atom. The van der Waals surface area contributed by atoms with Crippen molar-refractivity contribution in [1.82, 2.24) is 9.78 Å². The first kappa shape index (κ1) is 13.1. The van der Waals surface area contributed by atoms with Gasteiger partial charge in [0.1, 0.15) is 0 Å². The Morgan fingerprint density at radius 1 is 1.39 bits per heavy atom. The molecule has 0 saturated heterocycles. The maximum absolute atomic E-state index is 6.28. The molecule has 2 rings (SSSR count). The molecule has 1 aromatic heterocycles. The highest BCUT2D eigenvalue weighted by atomic mass is 35.5. The molecule has 4 heteroatoms. The summed E-state index contributed by atoms with van der Waals surface area (Å²) >= 11 is 6.28. The molecule has 3 nitrogen and oxygen atoms in total. The van der Waals surface area contributed by atoms with Crippen LogP contribution in [0, 0.1) is 6.92 Å². The van der Waals surface area contributed by atoms with E-state index < -0.39 is 0 Å². The second-order valence-corrected chi connectivity index (χ2v) is 4.94. The van der Waals surface area contributed by atoms with Crippen LogP contribution < -0.4 is 5.73 Å². The first-order valence-electron chi connectivity index (χ1n) is 6.14. The van der Waals surface area contributed by atoms with Gasteiger partial charge in [0.25, 0.3) is 0 Å². The first-order chi connectivity index (χ1) is 8.63. The molecular weight excluding hydrogens is 246 g/mol. The van der Waals surface area contributed by atoms with Crippen molar-refractivity contribution in [2.45, 2.75) is 32.4 Å². The molecule has 2 aromatic rings. The summed E-state index contributed by atoms with van der Waals surface area (Å²) < 4.78 is 1.91. The van der Waals surface area contributed by atoms with E-state index in [1.165, 1.54) is 0 Å². The molecule has 1 heterocycles. The molecule has 0 aliphatic heterocycles. The fraction of sp³-hybridized carbons (Fsp3) is 0.357. The monoisotopic (exact) mass is 263 g/mol. The van der Waals surface area contributed by atoms with Crippen LogP contribution in [0.3, 0.4) is 0 Å². The first-order valence-corrected chi connectivity index (χ1v) is 6.52. The van der Waals surface area contributed by atoms with E-state index in [0.29, 0.717) is 0 Å². The second-order valence-electron chi connectivity index (χ2n) is 4.54. The van der Waals surface area contributed by atoms with Crippen LogP contribution in [-0.4, -0.2) is 15.8 Å². The maximum Gasteiger partial charge on any atom is 0.0933 e. The van der Waals surface area contributed by atoms with Gasteiger partial charge in [-0.25, -0.2) is 0 Å². The number of nitrogens with two attached hydrogens (primary N) is 1. The molecule has 0 amide bonds. The largest absolute Gasteiger partial charge is 0.326 e. The van der Waals surface area contributed by atoms with Gasteiger partial charge in [-0.2, -0.15) is 5.10 Å². The molecule has 0 bridgehead atoms. The molecule has 96 valence electrons. The zero-order valence-electron chi connectivity index (χ0n) is 10.7. The lowest BCUT2D eigenvalue weighted by Crippen LogP contribution is -2.33. The molecule has 0 fully saturated rings. The van der Waals surface area contributed by atoms with Crippen molar-refractivity contribution < 1.29 is 0 Å². The SMILES string of the molecule is CCC(N)C(c1ccccc1Cl)n1cc(C)cn1. The predicted octanol–water partition coefficient (Wildman–Crippen LogP) is 3.17. The van der Waals surface area contributed by atoms with Crippen molar-refractivity contribution in [2.24, 2.45) is 5.73 Å². The van der Waals surface area contributed by atoms with Crippen molar-refractivity contribution in [2.75, 3.05) is 0 Å². The van der Waals surface area contributed by atoms with Gasteiger partial charge in [-0.3, -0.25) is 4.68 Å². The van der Waals surface area contributed by atoms with Gasteiger partial charge in [-0.05, 0) is 30.5 Å². The Balaban J connectivity index is 2.47. The number of rotatable bonds is 4. The van der Waals surface area contributed by atoms with Crippen LogP contribution in [0.25, 0.3) is 0 Å². The number of aromatic nitrogens is 2. The quantitative estimate of drug-likeness (QED) is 0.921. The van der Waals surface area contributed by atoms with Gasteiger partial charge < -0.3 is 5.73 Å². The van der Waals surface area contributed by atoms with Crippen LogP contribution in [0.4, 0.5) is 0 Å². The topological polar surface area (TPSA) is 43.8 Å². The van der Waals surface area contributed by atoms with Crippen LogP contribution in [0.15, 0.2) is 36.7 Å². The molecule has 0 spiro atoms. The normalized spacial score (nSPS) is 14.4. The Kier molecular flexibility index (Phi) is 4.04. The third kappa shape index (κ3) is 2.57. The zero-order valence-corrected chi connectivity index (χ0v) is 11.4. The average Bonchev–Trinajstić information content (AvgIpc) is 2.78. The number of nitrogens with zero attached hydrogens (tertiary/aromatic N) is 2. The lowest BCUT2D eigenvalue weighted by atomic mass is 9.98. The molecule has 1 aromatic carbocycles. The second kappa shape index (κ2) is 5.55. The fourth-order valence-corrected chi connectivity index (χ4v) is 2.34. The van der Waals surface area contributed by atoms with E-state index in [9.17, 15) is 0 Å². The minimum absolute atomic E-state index is 0.0100. The number of benzene rings is 1. The summed E-state index contributed by atoms with van der Waals surface area (Å²) in [4.78, 5) is 0. The Labute approximate surface area is 113 Å². The lowest BCUT2D eigenvalue weighted by Gasteiger charge is -2.24. The molecule has 0 radical (unpaired) electrons. The third-order valence-electron chi connectivity index (χ3n) is 3.12. The number of aryl methyl sites for hydroxylation is 1. The van der Waals surface area contributed by atoms with E-state index in [1.807, 2.05) is 48.3 Å². The summed E-state index contributed by atoms with van der Waals surface area (Å²) in [5.41, 5.74) is 8.39. The average molecular weight is 264 g/mol. The van der Waals surface area contributed by atoms with Crippen LogP contribution in [0.5, 0.6) is 0 Å². The van der Waals surface area contributed by atoms with Gasteiger partial charge in [0.05, 0.1) is 12.2 Å². The standard InChI is InChI=1S/C14H18ClN3/c1-3-13(16)14(18-9-10(2)8-17-18)11-6-4-5-7-12(11)15/h4-9,13-14H,3,16H2,1-2H3. The summed E-state index contributed by atoms with van der Waals surface area (Å²) in [5.74, 6) is 0. The molecule has 0 aliphatic rings.